The number of ether oxygens (including phenoxy) is 2. The third kappa shape index (κ3) is 7.38. The Labute approximate surface area is 275 Å². The van der Waals surface area contributed by atoms with E-state index in [1.807, 2.05) is 24.3 Å². The van der Waals surface area contributed by atoms with Crippen molar-refractivity contribution in [1.82, 2.24) is 14.2 Å². The molecular weight excluding hydrogens is 645 g/mol. The highest BCUT2D eigenvalue weighted by Gasteiger charge is 2.36. The van der Waals surface area contributed by atoms with Crippen molar-refractivity contribution in [2.75, 3.05) is 25.4 Å². The van der Waals surface area contributed by atoms with Crippen LogP contribution < -0.4 is 20.0 Å². The minimum Gasteiger partial charge on any atom is -0.490 e. The summed E-state index contributed by atoms with van der Waals surface area (Å²) in [6.07, 6.45) is 6.20. The number of amides is 1. The average molecular weight is 686 g/mol. The number of halogens is 2. The number of nitrogens with zero attached hydrogens (tertiary/aromatic N) is 2. The number of benzene rings is 2. The summed E-state index contributed by atoms with van der Waals surface area (Å²) in [4.78, 5) is 18.8. The first-order chi connectivity index (χ1) is 21.9. The average Bonchev–Trinajstić information content (AvgIpc) is 3.39. The standard InChI is InChI=1S/C34H41ClFN3O5SSi/c1-46(2,3)21-20-45(41,42)38-17-14-28(15-18-38)43-26-9-4-23(5-10-26)33-32-29(30-22-24(35)6-13-31(30)37-32)16-19-39(33)34(40)44-27-11-7-25(36)8-12-27/h4-5,7-13,22,24,28,33,37H,6,14-21H2,1-3H3. The monoisotopic (exact) mass is 685 g/mol. The van der Waals surface area contributed by atoms with Crippen LogP contribution in [0.3, 0.4) is 0 Å². The van der Waals surface area contributed by atoms with Gasteiger partial charge in [0.25, 0.3) is 0 Å². The van der Waals surface area contributed by atoms with Crippen molar-refractivity contribution >= 4 is 47.9 Å². The Hall–Kier alpha value is -3.12. The van der Waals surface area contributed by atoms with Gasteiger partial charge in [0.05, 0.1) is 11.1 Å². The van der Waals surface area contributed by atoms with Crippen molar-refractivity contribution in [3.63, 3.8) is 0 Å². The number of hydrogen-bond acceptors (Lipinski definition) is 5. The molecule has 2 aromatic carbocycles. The van der Waals surface area contributed by atoms with E-state index in [-0.39, 0.29) is 23.0 Å². The minimum absolute atomic E-state index is 0.0811. The van der Waals surface area contributed by atoms with Crippen molar-refractivity contribution in [3.8, 4) is 11.5 Å². The number of alkyl halides is 1. The molecule has 3 heterocycles. The molecule has 3 aliphatic rings. The van der Waals surface area contributed by atoms with Crippen molar-refractivity contribution in [2.45, 2.75) is 68.9 Å². The number of nitrogens with one attached hydrogen (secondary N) is 1. The zero-order valence-corrected chi connectivity index (χ0v) is 29.0. The van der Waals surface area contributed by atoms with E-state index in [1.165, 1.54) is 24.3 Å². The summed E-state index contributed by atoms with van der Waals surface area (Å²) in [5.74, 6) is 0.779. The Morgan fingerprint density at radius 3 is 2.37 bits per heavy atom. The number of sulfonamides is 1. The van der Waals surface area contributed by atoms with Crippen LogP contribution in [0.2, 0.25) is 25.7 Å². The highest BCUT2D eigenvalue weighted by molar-refractivity contribution is 7.89. The van der Waals surface area contributed by atoms with Crippen molar-refractivity contribution in [2.24, 2.45) is 0 Å². The summed E-state index contributed by atoms with van der Waals surface area (Å²) in [5, 5.41) is 2.02. The van der Waals surface area contributed by atoms with Gasteiger partial charge in [-0.25, -0.2) is 21.9 Å². The lowest BCUT2D eigenvalue weighted by Gasteiger charge is -2.35. The lowest BCUT2D eigenvalue weighted by Crippen LogP contribution is -2.43. The number of piperidine rings is 1. The highest BCUT2D eigenvalue weighted by atomic mass is 35.5. The van der Waals surface area contributed by atoms with Gasteiger partial charge in [0.2, 0.25) is 10.0 Å². The summed E-state index contributed by atoms with van der Waals surface area (Å²) in [6.45, 7) is 7.92. The Bertz CT molecular complexity index is 1800. The van der Waals surface area contributed by atoms with Crippen LogP contribution in [-0.4, -0.2) is 73.6 Å². The van der Waals surface area contributed by atoms with E-state index in [2.05, 4.69) is 36.8 Å². The molecule has 12 heteroatoms. The molecule has 3 aromatic rings. The molecule has 1 aliphatic carbocycles. The number of fused-ring (bicyclic) bond motifs is 3. The second kappa shape index (κ2) is 13.2. The van der Waals surface area contributed by atoms with Gasteiger partial charge in [0.15, 0.2) is 0 Å². The van der Waals surface area contributed by atoms with E-state index in [0.717, 1.165) is 39.9 Å². The van der Waals surface area contributed by atoms with E-state index >= 15 is 0 Å². The molecular formula is C34H41ClFN3O5SSi. The molecule has 8 nitrogen and oxygen atoms in total. The summed E-state index contributed by atoms with van der Waals surface area (Å²) in [5.41, 5.74) is 2.94. The van der Waals surface area contributed by atoms with Crippen LogP contribution in [0.1, 0.15) is 42.1 Å². The van der Waals surface area contributed by atoms with Gasteiger partial charge in [-0.1, -0.05) is 43.9 Å². The van der Waals surface area contributed by atoms with Gasteiger partial charge in [0.1, 0.15) is 29.5 Å². The number of carbonyl (C=O) groups is 1. The van der Waals surface area contributed by atoms with Crippen molar-refractivity contribution in [3.05, 3.63) is 81.7 Å². The number of carbonyl (C=O) groups excluding carboxylic acids is 1. The van der Waals surface area contributed by atoms with E-state index < -0.39 is 36.0 Å². The second-order valence-electron chi connectivity index (χ2n) is 13.5. The van der Waals surface area contributed by atoms with Crippen LogP contribution in [0.5, 0.6) is 11.5 Å². The van der Waals surface area contributed by atoms with E-state index in [9.17, 15) is 17.6 Å². The van der Waals surface area contributed by atoms with Gasteiger partial charge >= 0.3 is 6.09 Å². The number of aromatic nitrogens is 1. The Morgan fingerprint density at radius 1 is 1.02 bits per heavy atom. The molecule has 46 heavy (non-hydrogen) atoms. The Morgan fingerprint density at radius 2 is 1.70 bits per heavy atom. The summed E-state index contributed by atoms with van der Waals surface area (Å²) in [7, 11) is -4.71. The summed E-state index contributed by atoms with van der Waals surface area (Å²) in [6, 6.07) is 13.4. The Balaban J connectivity index is 1.19. The molecule has 0 bridgehead atoms. The molecule has 1 amide bonds. The fraction of sp³-hybridized carbons (Fsp3) is 0.441. The number of hydrogen-bond donors (Lipinski definition) is 1. The molecule has 6 rings (SSSR count). The molecule has 1 N–H and O–H groups in total. The lowest BCUT2D eigenvalue weighted by molar-refractivity contribution is 0.134. The first-order valence-corrected chi connectivity index (χ1v) is 21.7. The number of H-pyrrole nitrogens is 1. The Kier molecular flexibility index (Phi) is 9.40. The molecule has 0 saturated carbocycles. The second-order valence-corrected chi connectivity index (χ2v) is 21.8. The normalized spacial score (nSPS) is 20.7. The van der Waals surface area contributed by atoms with Gasteiger partial charge in [-0.3, -0.25) is 4.90 Å². The van der Waals surface area contributed by atoms with Gasteiger partial charge in [-0.05, 0) is 79.3 Å². The van der Waals surface area contributed by atoms with Gasteiger partial charge < -0.3 is 14.5 Å². The van der Waals surface area contributed by atoms with Gasteiger partial charge in [0, 0.05) is 44.0 Å². The molecule has 1 saturated heterocycles. The first kappa shape index (κ1) is 32.8. The molecule has 1 aromatic heterocycles. The topological polar surface area (TPSA) is 91.9 Å². The van der Waals surface area contributed by atoms with Crippen LogP contribution in [0.4, 0.5) is 9.18 Å². The maximum Gasteiger partial charge on any atom is 0.416 e. The summed E-state index contributed by atoms with van der Waals surface area (Å²) < 4.78 is 52.8. The third-order valence-electron chi connectivity index (χ3n) is 8.95. The number of rotatable bonds is 8. The zero-order valence-electron chi connectivity index (χ0n) is 26.5. The number of aromatic amines is 1. The summed E-state index contributed by atoms with van der Waals surface area (Å²) >= 11 is 6.48. The van der Waals surface area contributed by atoms with Crippen LogP contribution in [0.25, 0.3) is 12.2 Å². The maximum atomic E-state index is 13.5. The largest absolute Gasteiger partial charge is 0.490 e. The molecule has 2 unspecified atom stereocenters. The van der Waals surface area contributed by atoms with Crippen LogP contribution in [0, 0.1) is 5.82 Å². The molecule has 2 aliphatic heterocycles. The quantitative estimate of drug-likeness (QED) is 0.254. The predicted molar refractivity (Wildman–Crippen MR) is 182 cm³/mol. The van der Waals surface area contributed by atoms with Gasteiger partial charge in [-0.15, -0.1) is 11.6 Å². The van der Waals surface area contributed by atoms with Crippen LogP contribution >= 0.6 is 11.6 Å². The molecule has 0 radical (unpaired) electrons. The van der Waals surface area contributed by atoms with Gasteiger partial charge in [-0.2, -0.15) is 0 Å². The molecule has 1 fully saturated rings. The predicted octanol–water partition coefficient (Wildman–Crippen LogP) is 5.38. The molecule has 2 atom stereocenters. The molecule has 246 valence electrons. The lowest BCUT2D eigenvalue weighted by atomic mass is 9.92. The van der Waals surface area contributed by atoms with Crippen molar-refractivity contribution < 1.29 is 27.1 Å². The zero-order chi connectivity index (χ0) is 32.6. The van der Waals surface area contributed by atoms with E-state index in [0.29, 0.717) is 44.6 Å². The fourth-order valence-corrected chi connectivity index (χ4v) is 11.1. The maximum absolute atomic E-state index is 13.5. The first-order valence-electron chi connectivity index (χ1n) is 15.9. The fourth-order valence-electron chi connectivity index (χ4n) is 6.37. The van der Waals surface area contributed by atoms with Crippen LogP contribution in [-0.2, 0) is 16.4 Å². The third-order valence-corrected chi connectivity index (χ3v) is 13.2. The van der Waals surface area contributed by atoms with E-state index in [4.69, 9.17) is 21.1 Å². The molecule has 0 spiro atoms. The van der Waals surface area contributed by atoms with Crippen molar-refractivity contribution in [1.29, 1.82) is 0 Å². The smallest absolute Gasteiger partial charge is 0.416 e. The van der Waals surface area contributed by atoms with Crippen LogP contribution in [0.15, 0.2) is 48.5 Å². The SMILES string of the molecule is C[Si](C)(C)CCS(=O)(=O)N1CCC(Oc2ccc(C3c4[nH]c5c(c4CCN3C(=O)Oc3ccc(F)cc3)=CC(Cl)CC=5)cc2)CC1. The highest BCUT2D eigenvalue weighted by Crippen LogP contribution is 2.35. The minimum atomic E-state index is -3.26. The van der Waals surface area contributed by atoms with E-state index in [1.54, 1.807) is 9.21 Å².